The Bertz CT molecular complexity index is 511. The van der Waals surface area contributed by atoms with Crippen LogP contribution >= 0.6 is 0 Å². The Balaban J connectivity index is 1.99. The van der Waals surface area contributed by atoms with Gasteiger partial charge in [-0.15, -0.1) is 0 Å². The molecule has 0 aliphatic heterocycles. The molecule has 18 heavy (non-hydrogen) atoms. The molecule has 0 bridgehead atoms. The van der Waals surface area contributed by atoms with Crippen molar-refractivity contribution in [2.45, 2.75) is 33.4 Å². The van der Waals surface area contributed by atoms with Crippen LogP contribution in [0.25, 0.3) is 0 Å². The standard InChI is InChI=1S/C12H16N4O2/c1-8(7-16-6-4-5-13-16)14-12(17)11-9(2)15-18-10(11)3/h4-6,8H,7H2,1-3H3,(H,14,17)/t8-/m1/s1. The van der Waals surface area contributed by atoms with E-state index in [9.17, 15) is 4.79 Å². The summed E-state index contributed by atoms with van der Waals surface area (Å²) in [6, 6.07) is 1.83. The highest BCUT2D eigenvalue weighted by Gasteiger charge is 2.18. The van der Waals surface area contributed by atoms with Gasteiger partial charge in [0, 0.05) is 18.4 Å². The summed E-state index contributed by atoms with van der Waals surface area (Å²) in [6.07, 6.45) is 3.57. The predicted octanol–water partition coefficient (Wildman–Crippen LogP) is 1.31. The SMILES string of the molecule is Cc1noc(C)c1C(=O)N[C@H](C)Cn1cccn1. The molecule has 96 valence electrons. The third-order valence-electron chi connectivity index (χ3n) is 2.66. The fourth-order valence-electron chi connectivity index (χ4n) is 1.84. The summed E-state index contributed by atoms with van der Waals surface area (Å²) < 4.78 is 6.75. The van der Waals surface area contributed by atoms with E-state index in [1.165, 1.54) is 0 Å². The van der Waals surface area contributed by atoms with Crippen LogP contribution in [0.1, 0.15) is 28.7 Å². The van der Waals surface area contributed by atoms with Gasteiger partial charge >= 0.3 is 0 Å². The predicted molar refractivity (Wildman–Crippen MR) is 65.1 cm³/mol. The zero-order valence-corrected chi connectivity index (χ0v) is 10.7. The third kappa shape index (κ3) is 2.58. The van der Waals surface area contributed by atoms with Crippen LogP contribution in [0.5, 0.6) is 0 Å². The van der Waals surface area contributed by atoms with Gasteiger partial charge in [0.15, 0.2) is 0 Å². The Morgan fingerprint density at radius 2 is 2.33 bits per heavy atom. The van der Waals surface area contributed by atoms with Crippen LogP contribution in [0.4, 0.5) is 0 Å². The Hall–Kier alpha value is -2.11. The first-order chi connectivity index (χ1) is 8.58. The van der Waals surface area contributed by atoms with E-state index >= 15 is 0 Å². The number of aryl methyl sites for hydroxylation is 2. The molecule has 0 aromatic carbocycles. The Labute approximate surface area is 105 Å². The number of aromatic nitrogens is 3. The molecule has 1 N–H and O–H groups in total. The summed E-state index contributed by atoms with van der Waals surface area (Å²) >= 11 is 0. The summed E-state index contributed by atoms with van der Waals surface area (Å²) in [4.78, 5) is 12.0. The van der Waals surface area contributed by atoms with Crippen molar-refractivity contribution in [3.8, 4) is 0 Å². The van der Waals surface area contributed by atoms with Crippen molar-refractivity contribution in [1.29, 1.82) is 0 Å². The van der Waals surface area contributed by atoms with Gasteiger partial charge in [0.25, 0.3) is 5.91 Å². The summed E-state index contributed by atoms with van der Waals surface area (Å²) in [5.74, 6) is 0.377. The van der Waals surface area contributed by atoms with Crippen LogP contribution in [-0.4, -0.2) is 26.9 Å². The van der Waals surface area contributed by atoms with Gasteiger partial charge in [-0.05, 0) is 26.8 Å². The molecule has 0 aliphatic rings. The highest BCUT2D eigenvalue weighted by Crippen LogP contribution is 2.12. The monoisotopic (exact) mass is 248 g/mol. The number of carbonyl (C=O) groups is 1. The summed E-state index contributed by atoms with van der Waals surface area (Å²) in [5, 5.41) is 10.8. The molecule has 0 spiro atoms. The average molecular weight is 248 g/mol. The second kappa shape index (κ2) is 5.03. The van der Waals surface area contributed by atoms with Crippen LogP contribution in [-0.2, 0) is 6.54 Å². The maximum absolute atomic E-state index is 12.0. The lowest BCUT2D eigenvalue weighted by Gasteiger charge is -2.13. The third-order valence-corrected chi connectivity index (χ3v) is 2.66. The van der Waals surface area contributed by atoms with Crippen molar-refractivity contribution >= 4 is 5.91 Å². The molecular weight excluding hydrogens is 232 g/mol. The highest BCUT2D eigenvalue weighted by atomic mass is 16.5. The molecule has 0 saturated heterocycles. The lowest BCUT2D eigenvalue weighted by atomic mass is 10.2. The maximum Gasteiger partial charge on any atom is 0.257 e. The molecule has 0 unspecified atom stereocenters. The molecule has 6 heteroatoms. The first-order valence-electron chi connectivity index (χ1n) is 5.79. The Kier molecular flexibility index (Phi) is 3.45. The second-order valence-electron chi connectivity index (χ2n) is 4.30. The molecule has 0 saturated carbocycles. The molecule has 0 radical (unpaired) electrons. The Morgan fingerprint density at radius 1 is 1.56 bits per heavy atom. The molecule has 0 fully saturated rings. The van der Waals surface area contributed by atoms with Gasteiger partial charge in [-0.25, -0.2) is 0 Å². The number of hydrogen-bond donors (Lipinski definition) is 1. The van der Waals surface area contributed by atoms with Crippen LogP contribution in [0.3, 0.4) is 0 Å². The minimum atomic E-state index is -0.161. The Morgan fingerprint density at radius 3 is 2.89 bits per heavy atom. The molecule has 2 aromatic rings. The van der Waals surface area contributed by atoms with Gasteiger partial charge in [0.2, 0.25) is 0 Å². The zero-order chi connectivity index (χ0) is 13.1. The van der Waals surface area contributed by atoms with E-state index in [1.807, 2.05) is 19.2 Å². The van der Waals surface area contributed by atoms with Gasteiger partial charge in [0.05, 0.1) is 12.2 Å². The largest absolute Gasteiger partial charge is 0.361 e. The van der Waals surface area contributed by atoms with Crippen molar-refractivity contribution in [2.75, 3.05) is 0 Å². The lowest BCUT2D eigenvalue weighted by molar-refractivity contribution is 0.0934. The van der Waals surface area contributed by atoms with E-state index in [-0.39, 0.29) is 11.9 Å². The van der Waals surface area contributed by atoms with E-state index in [0.717, 1.165) is 0 Å². The van der Waals surface area contributed by atoms with Gasteiger partial charge in [0.1, 0.15) is 11.3 Å². The number of nitrogens with zero attached hydrogens (tertiary/aromatic N) is 3. The minimum absolute atomic E-state index is 0.0221. The van der Waals surface area contributed by atoms with Gasteiger partial charge in [-0.3, -0.25) is 9.48 Å². The summed E-state index contributed by atoms with van der Waals surface area (Å²) in [5.41, 5.74) is 1.12. The number of amides is 1. The smallest absolute Gasteiger partial charge is 0.257 e. The molecule has 6 nitrogen and oxygen atoms in total. The van der Waals surface area contributed by atoms with Crippen LogP contribution in [0, 0.1) is 13.8 Å². The molecule has 2 rings (SSSR count). The average Bonchev–Trinajstić information content (AvgIpc) is 2.89. The number of hydrogen-bond acceptors (Lipinski definition) is 4. The van der Waals surface area contributed by atoms with Crippen molar-refractivity contribution < 1.29 is 9.32 Å². The fraction of sp³-hybridized carbons (Fsp3) is 0.417. The summed E-state index contributed by atoms with van der Waals surface area (Å²) in [7, 11) is 0. The topological polar surface area (TPSA) is 73.0 Å². The molecule has 2 heterocycles. The van der Waals surface area contributed by atoms with Crippen molar-refractivity contribution in [2.24, 2.45) is 0 Å². The van der Waals surface area contributed by atoms with E-state index in [2.05, 4.69) is 15.6 Å². The normalized spacial score (nSPS) is 12.4. The quantitative estimate of drug-likeness (QED) is 0.885. The minimum Gasteiger partial charge on any atom is -0.361 e. The van der Waals surface area contributed by atoms with E-state index in [1.54, 1.807) is 24.7 Å². The molecule has 1 atom stereocenters. The van der Waals surface area contributed by atoms with Crippen LogP contribution in [0.15, 0.2) is 23.0 Å². The van der Waals surface area contributed by atoms with Gasteiger partial charge in [-0.2, -0.15) is 5.10 Å². The summed E-state index contributed by atoms with van der Waals surface area (Å²) in [6.45, 7) is 6.04. The van der Waals surface area contributed by atoms with Crippen molar-refractivity contribution in [3.63, 3.8) is 0 Å². The number of nitrogens with one attached hydrogen (secondary N) is 1. The molecule has 1 amide bonds. The highest BCUT2D eigenvalue weighted by molar-refractivity contribution is 5.96. The van der Waals surface area contributed by atoms with E-state index in [4.69, 9.17) is 4.52 Å². The van der Waals surface area contributed by atoms with Crippen molar-refractivity contribution in [3.05, 3.63) is 35.5 Å². The first kappa shape index (κ1) is 12.3. The molecular formula is C12H16N4O2. The first-order valence-corrected chi connectivity index (χ1v) is 5.79. The van der Waals surface area contributed by atoms with E-state index in [0.29, 0.717) is 23.6 Å². The lowest BCUT2D eigenvalue weighted by Crippen LogP contribution is -2.36. The molecule has 2 aromatic heterocycles. The number of rotatable bonds is 4. The van der Waals surface area contributed by atoms with Crippen LogP contribution in [0.2, 0.25) is 0 Å². The maximum atomic E-state index is 12.0. The molecule has 0 aliphatic carbocycles. The van der Waals surface area contributed by atoms with Gasteiger partial charge < -0.3 is 9.84 Å². The fourth-order valence-corrected chi connectivity index (χ4v) is 1.84. The van der Waals surface area contributed by atoms with Gasteiger partial charge in [-0.1, -0.05) is 5.16 Å². The second-order valence-corrected chi connectivity index (χ2v) is 4.30. The number of carbonyl (C=O) groups excluding carboxylic acids is 1. The zero-order valence-electron chi connectivity index (χ0n) is 10.7. The van der Waals surface area contributed by atoms with Crippen molar-refractivity contribution in [1.82, 2.24) is 20.3 Å². The van der Waals surface area contributed by atoms with E-state index < -0.39 is 0 Å². The van der Waals surface area contributed by atoms with Crippen LogP contribution < -0.4 is 5.32 Å².